The second kappa shape index (κ2) is 9.03. The number of amides is 1. The van der Waals surface area contributed by atoms with Gasteiger partial charge in [0.2, 0.25) is 0 Å². The number of ether oxygens (including phenoxy) is 1. The number of hydrazone groups is 1. The van der Waals surface area contributed by atoms with Crippen LogP contribution in [0.4, 0.5) is 0 Å². The molecule has 29 heavy (non-hydrogen) atoms. The van der Waals surface area contributed by atoms with Gasteiger partial charge in [0, 0.05) is 24.1 Å². The van der Waals surface area contributed by atoms with Crippen molar-refractivity contribution in [2.24, 2.45) is 5.10 Å². The van der Waals surface area contributed by atoms with E-state index in [4.69, 9.17) is 4.74 Å². The van der Waals surface area contributed by atoms with E-state index in [2.05, 4.69) is 43.4 Å². The van der Waals surface area contributed by atoms with E-state index >= 15 is 0 Å². The summed E-state index contributed by atoms with van der Waals surface area (Å²) in [5, 5.41) is 4.10. The first kappa shape index (κ1) is 20.8. The standard InChI is InChI=1S/C24H28N2O3/c1-24(2,3)19-11-13-22(14-12-19)29-16-17-7-9-18(10-8-17)23(28)26-25-20-5-4-6-21(27)15-20/h7-14H,4-6,15-16H2,1-3H3,(H,26,28)/b25-20+. The van der Waals surface area contributed by atoms with Crippen LogP contribution in [0.5, 0.6) is 5.75 Å². The third kappa shape index (κ3) is 6.01. The fraction of sp³-hybridized carbons (Fsp3) is 0.375. The molecule has 1 N–H and O–H groups in total. The molecule has 1 saturated carbocycles. The van der Waals surface area contributed by atoms with Gasteiger partial charge < -0.3 is 4.74 Å². The maximum atomic E-state index is 12.2. The van der Waals surface area contributed by atoms with Gasteiger partial charge in [0.05, 0.1) is 0 Å². The Labute approximate surface area is 172 Å². The van der Waals surface area contributed by atoms with Gasteiger partial charge in [0.15, 0.2) is 0 Å². The van der Waals surface area contributed by atoms with Gasteiger partial charge in [-0.2, -0.15) is 5.10 Å². The molecule has 0 bridgehead atoms. The first-order valence-electron chi connectivity index (χ1n) is 10.0. The maximum absolute atomic E-state index is 12.2. The number of hydrogen-bond donors (Lipinski definition) is 1. The minimum atomic E-state index is -0.277. The average Bonchev–Trinajstić information content (AvgIpc) is 2.70. The van der Waals surface area contributed by atoms with Crippen LogP contribution in [0.3, 0.4) is 0 Å². The van der Waals surface area contributed by atoms with Gasteiger partial charge in [0.25, 0.3) is 5.91 Å². The Kier molecular flexibility index (Phi) is 6.47. The molecule has 152 valence electrons. The third-order valence-corrected chi connectivity index (χ3v) is 4.98. The van der Waals surface area contributed by atoms with Crippen molar-refractivity contribution < 1.29 is 14.3 Å². The number of carbonyl (C=O) groups excluding carboxylic acids is 2. The highest BCUT2D eigenvalue weighted by atomic mass is 16.5. The topological polar surface area (TPSA) is 67.8 Å². The summed E-state index contributed by atoms with van der Waals surface area (Å²) >= 11 is 0. The Balaban J connectivity index is 1.52. The molecule has 0 saturated heterocycles. The first-order valence-corrected chi connectivity index (χ1v) is 10.0. The maximum Gasteiger partial charge on any atom is 0.271 e. The molecule has 5 heteroatoms. The summed E-state index contributed by atoms with van der Waals surface area (Å²) in [5.74, 6) is 0.722. The van der Waals surface area contributed by atoms with Crippen molar-refractivity contribution in [1.82, 2.24) is 5.43 Å². The van der Waals surface area contributed by atoms with Crippen molar-refractivity contribution in [3.8, 4) is 5.75 Å². The number of carbonyl (C=O) groups is 2. The van der Waals surface area contributed by atoms with E-state index in [1.165, 1.54) is 5.56 Å². The van der Waals surface area contributed by atoms with Crippen molar-refractivity contribution in [3.05, 3.63) is 65.2 Å². The molecular weight excluding hydrogens is 364 g/mol. The van der Waals surface area contributed by atoms with Gasteiger partial charge in [-0.25, -0.2) is 5.43 Å². The quantitative estimate of drug-likeness (QED) is 0.744. The highest BCUT2D eigenvalue weighted by Gasteiger charge is 2.15. The fourth-order valence-electron chi connectivity index (χ4n) is 3.15. The first-order chi connectivity index (χ1) is 13.8. The van der Waals surface area contributed by atoms with Crippen LogP contribution in [0.25, 0.3) is 0 Å². The second-order valence-corrected chi connectivity index (χ2v) is 8.45. The number of rotatable bonds is 5. The smallest absolute Gasteiger partial charge is 0.271 e. The van der Waals surface area contributed by atoms with E-state index in [-0.39, 0.29) is 17.1 Å². The van der Waals surface area contributed by atoms with Gasteiger partial charge >= 0.3 is 0 Å². The van der Waals surface area contributed by atoms with E-state index in [1.807, 2.05) is 24.3 Å². The zero-order chi connectivity index (χ0) is 20.9. The summed E-state index contributed by atoms with van der Waals surface area (Å²) in [4.78, 5) is 23.7. The number of ketones is 1. The lowest BCUT2D eigenvalue weighted by Gasteiger charge is -2.19. The lowest BCUT2D eigenvalue weighted by molar-refractivity contribution is -0.118. The number of Topliss-reactive ketones (excluding diaryl/α,β-unsaturated/α-hetero) is 1. The molecule has 5 nitrogen and oxygen atoms in total. The normalized spacial score (nSPS) is 16.0. The van der Waals surface area contributed by atoms with Crippen molar-refractivity contribution in [2.45, 2.75) is 58.5 Å². The molecule has 0 unspecified atom stereocenters. The van der Waals surface area contributed by atoms with Crippen molar-refractivity contribution >= 4 is 17.4 Å². The predicted molar refractivity (Wildman–Crippen MR) is 114 cm³/mol. The number of hydrogen-bond acceptors (Lipinski definition) is 4. The van der Waals surface area contributed by atoms with Crippen LogP contribution >= 0.6 is 0 Å². The molecule has 3 rings (SSSR count). The van der Waals surface area contributed by atoms with Gasteiger partial charge in [0.1, 0.15) is 18.1 Å². The lowest BCUT2D eigenvalue weighted by Crippen LogP contribution is -2.22. The molecule has 0 aliphatic heterocycles. The molecule has 0 heterocycles. The Bertz CT molecular complexity index is 891. The predicted octanol–water partition coefficient (Wildman–Crippen LogP) is 4.79. The Morgan fingerprint density at radius 2 is 1.72 bits per heavy atom. The van der Waals surface area contributed by atoms with E-state index < -0.39 is 0 Å². The molecule has 0 radical (unpaired) electrons. The molecule has 1 aliphatic rings. The molecule has 0 atom stereocenters. The monoisotopic (exact) mass is 392 g/mol. The number of nitrogens with zero attached hydrogens (tertiary/aromatic N) is 1. The summed E-state index contributed by atoms with van der Waals surface area (Å²) in [5.41, 5.74) is 6.18. The number of benzene rings is 2. The zero-order valence-electron chi connectivity index (χ0n) is 17.3. The number of nitrogens with one attached hydrogen (secondary N) is 1. The van der Waals surface area contributed by atoms with E-state index in [0.717, 1.165) is 29.9 Å². The van der Waals surface area contributed by atoms with Gasteiger partial charge in [-0.3, -0.25) is 9.59 Å². The highest BCUT2D eigenvalue weighted by molar-refractivity contribution is 6.04. The van der Waals surface area contributed by atoms with Crippen molar-refractivity contribution in [2.75, 3.05) is 0 Å². The minimum Gasteiger partial charge on any atom is -0.489 e. The summed E-state index contributed by atoms with van der Waals surface area (Å²) in [6.45, 7) is 6.98. The van der Waals surface area contributed by atoms with Crippen LogP contribution in [0.1, 0.15) is 67.9 Å². The van der Waals surface area contributed by atoms with Gasteiger partial charge in [-0.05, 0) is 53.6 Å². The Hall–Kier alpha value is -2.95. The SMILES string of the molecule is CC(C)(C)c1ccc(OCc2ccc(C(=O)N/N=C3\CCCC(=O)C3)cc2)cc1. The molecule has 2 aromatic carbocycles. The summed E-state index contributed by atoms with van der Waals surface area (Å²) in [6.07, 6.45) is 2.52. The summed E-state index contributed by atoms with van der Waals surface area (Å²) in [6, 6.07) is 15.4. The zero-order valence-corrected chi connectivity index (χ0v) is 17.3. The van der Waals surface area contributed by atoms with Crippen LogP contribution in [0, 0.1) is 0 Å². The average molecular weight is 392 g/mol. The van der Waals surface area contributed by atoms with E-state index in [0.29, 0.717) is 25.0 Å². The fourth-order valence-corrected chi connectivity index (χ4v) is 3.15. The van der Waals surface area contributed by atoms with Crippen LogP contribution in [0.2, 0.25) is 0 Å². The van der Waals surface area contributed by atoms with E-state index in [9.17, 15) is 9.59 Å². The van der Waals surface area contributed by atoms with Crippen LogP contribution in [-0.4, -0.2) is 17.4 Å². The summed E-state index contributed by atoms with van der Waals surface area (Å²) in [7, 11) is 0. The molecule has 1 amide bonds. The Morgan fingerprint density at radius 1 is 1.03 bits per heavy atom. The van der Waals surface area contributed by atoms with Crippen LogP contribution in [0.15, 0.2) is 53.6 Å². The van der Waals surface area contributed by atoms with Crippen LogP contribution < -0.4 is 10.2 Å². The Morgan fingerprint density at radius 3 is 2.34 bits per heavy atom. The second-order valence-electron chi connectivity index (χ2n) is 8.45. The van der Waals surface area contributed by atoms with E-state index in [1.54, 1.807) is 12.1 Å². The minimum absolute atomic E-state index is 0.117. The molecule has 2 aromatic rings. The van der Waals surface area contributed by atoms with Crippen LogP contribution in [-0.2, 0) is 16.8 Å². The molecule has 1 fully saturated rings. The lowest BCUT2D eigenvalue weighted by atomic mass is 9.87. The third-order valence-electron chi connectivity index (χ3n) is 4.98. The molecule has 0 aromatic heterocycles. The highest BCUT2D eigenvalue weighted by Crippen LogP contribution is 2.24. The molecule has 1 aliphatic carbocycles. The summed E-state index contributed by atoms with van der Waals surface area (Å²) < 4.78 is 5.84. The van der Waals surface area contributed by atoms with Crippen molar-refractivity contribution in [3.63, 3.8) is 0 Å². The van der Waals surface area contributed by atoms with Crippen molar-refractivity contribution in [1.29, 1.82) is 0 Å². The molecule has 0 spiro atoms. The van der Waals surface area contributed by atoms with Gasteiger partial charge in [-0.15, -0.1) is 0 Å². The molecular formula is C24H28N2O3. The van der Waals surface area contributed by atoms with Gasteiger partial charge in [-0.1, -0.05) is 45.0 Å². The largest absolute Gasteiger partial charge is 0.489 e.